The Kier molecular flexibility index (Phi) is 4.19. The number of nitrogens with one attached hydrogen (secondary N) is 1. The lowest BCUT2D eigenvalue weighted by molar-refractivity contribution is -0.385. The maximum Gasteiger partial charge on any atom is 0.287 e. The van der Waals surface area contributed by atoms with Gasteiger partial charge in [0.2, 0.25) is 0 Å². The smallest absolute Gasteiger partial charge is 0.287 e. The van der Waals surface area contributed by atoms with E-state index in [0.29, 0.717) is 12.4 Å². The summed E-state index contributed by atoms with van der Waals surface area (Å²) in [6.45, 7) is 2.62. The summed E-state index contributed by atoms with van der Waals surface area (Å²) < 4.78 is 0. The number of guanidine groups is 1. The molecule has 16 heavy (non-hydrogen) atoms. The topological polar surface area (TPSA) is 106 Å². The molecule has 0 saturated heterocycles. The molecular formula is C9H13N5O2. The third-order valence-electron chi connectivity index (χ3n) is 1.72. The van der Waals surface area contributed by atoms with Crippen LogP contribution in [-0.4, -0.2) is 22.4 Å². The SMILES string of the molecule is CCCN=C(N)Nc1ccc([N+](=O)[O-])cn1. The van der Waals surface area contributed by atoms with E-state index in [0.717, 1.165) is 12.6 Å². The van der Waals surface area contributed by atoms with E-state index in [2.05, 4.69) is 15.3 Å². The third kappa shape index (κ3) is 3.52. The second-order valence-electron chi connectivity index (χ2n) is 3.05. The van der Waals surface area contributed by atoms with E-state index in [-0.39, 0.29) is 11.6 Å². The van der Waals surface area contributed by atoms with Crippen molar-refractivity contribution in [1.29, 1.82) is 0 Å². The van der Waals surface area contributed by atoms with E-state index < -0.39 is 4.92 Å². The lowest BCUT2D eigenvalue weighted by Gasteiger charge is -2.03. The van der Waals surface area contributed by atoms with Gasteiger partial charge >= 0.3 is 0 Å². The van der Waals surface area contributed by atoms with Gasteiger partial charge in [-0.2, -0.15) is 0 Å². The predicted octanol–water partition coefficient (Wildman–Crippen LogP) is 1.13. The van der Waals surface area contributed by atoms with Crippen LogP contribution in [-0.2, 0) is 0 Å². The maximum atomic E-state index is 10.4. The zero-order valence-electron chi connectivity index (χ0n) is 8.88. The molecule has 0 aliphatic rings. The summed E-state index contributed by atoms with van der Waals surface area (Å²) in [5.74, 6) is 0.686. The molecule has 0 fully saturated rings. The molecule has 3 N–H and O–H groups in total. The van der Waals surface area contributed by atoms with Crippen LogP contribution in [0.3, 0.4) is 0 Å². The fourth-order valence-corrected chi connectivity index (χ4v) is 0.971. The highest BCUT2D eigenvalue weighted by Crippen LogP contribution is 2.11. The van der Waals surface area contributed by atoms with Crippen molar-refractivity contribution in [2.24, 2.45) is 10.7 Å². The van der Waals surface area contributed by atoms with Crippen LogP contribution in [0.2, 0.25) is 0 Å². The van der Waals surface area contributed by atoms with Crippen molar-refractivity contribution in [3.05, 3.63) is 28.4 Å². The van der Waals surface area contributed by atoms with E-state index >= 15 is 0 Å². The second kappa shape index (κ2) is 5.64. The molecular weight excluding hydrogens is 210 g/mol. The summed E-state index contributed by atoms with van der Waals surface area (Å²) in [6.07, 6.45) is 2.06. The molecule has 1 aromatic heterocycles. The normalized spacial score (nSPS) is 11.2. The van der Waals surface area contributed by atoms with Crippen LogP contribution in [0.5, 0.6) is 0 Å². The molecule has 1 rings (SSSR count). The maximum absolute atomic E-state index is 10.4. The number of rotatable bonds is 4. The van der Waals surface area contributed by atoms with Gasteiger partial charge in [-0.15, -0.1) is 0 Å². The van der Waals surface area contributed by atoms with Gasteiger partial charge in [-0.05, 0) is 12.5 Å². The Labute approximate surface area is 92.5 Å². The van der Waals surface area contributed by atoms with Gasteiger partial charge in [-0.3, -0.25) is 15.1 Å². The van der Waals surface area contributed by atoms with Gasteiger partial charge in [0.05, 0.1) is 4.92 Å². The highest BCUT2D eigenvalue weighted by molar-refractivity contribution is 5.91. The van der Waals surface area contributed by atoms with Crippen LogP contribution < -0.4 is 11.1 Å². The summed E-state index contributed by atoms with van der Waals surface area (Å²) in [4.78, 5) is 17.7. The Morgan fingerprint density at radius 1 is 1.69 bits per heavy atom. The van der Waals surface area contributed by atoms with Crippen LogP contribution in [0.25, 0.3) is 0 Å². The first kappa shape index (κ1) is 11.9. The average molecular weight is 223 g/mol. The van der Waals surface area contributed by atoms with E-state index in [4.69, 9.17) is 5.73 Å². The summed E-state index contributed by atoms with van der Waals surface area (Å²) in [6, 6.07) is 2.83. The number of aromatic nitrogens is 1. The molecule has 86 valence electrons. The van der Waals surface area contributed by atoms with Gasteiger partial charge < -0.3 is 11.1 Å². The minimum Gasteiger partial charge on any atom is -0.370 e. The Hall–Kier alpha value is -2.18. The van der Waals surface area contributed by atoms with E-state index in [1.807, 2.05) is 6.92 Å². The zero-order chi connectivity index (χ0) is 12.0. The lowest BCUT2D eigenvalue weighted by atomic mass is 10.4. The first-order chi connectivity index (χ1) is 7.63. The molecule has 0 atom stereocenters. The standard InChI is InChI=1S/C9H13N5O2/c1-2-5-11-9(10)13-8-4-3-7(6-12-8)14(15)16/h3-4,6H,2,5H2,1H3,(H3,10,11,12,13). The molecule has 1 aromatic rings. The Balaban J connectivity index is 2.65. The molecule has 0 bridgehead atoms. The van der Waals surface area contributed by atoms with Crippen LogP contribution in [0, 0.1) is 10.1 Å². The highest BCUT2D eigenvalue weighted by Gasteiger charge is 2.05. The van der Waals surface area contributed by atoms with E-state index in [9.17, 15) is 10.1 Å². The zero-order valence-corrected chi connectivity index (χ0v) is 8.88. The summed E-state index contributed by atoms with van der Waals surface area (Å²) in [7, 11) is 0. The number of nitrogens with zero attached hydrogens (tertiary/aromatic N) is 3. The van der Waals surface area contributed by atoms with E-state index in [1.54, 1.807) is 0 Å². The van der Waals surface area contributed by atoms with Gasteiger partial charge in [-0.25, -0.2) is 4.98 Å². The molecule has 0 aliphatic carbocycles. The fourth-order valence-electron chi connectivity index (χ4n) is 0.971. The quantitative estimate of drug-likeness (QED) is 0.344. The predicted molar refractivity (Wildman–Crippen MR) is 61.3 cm³/mol. The van der Waals surface area contributed by atoms with Gasteiger partial charge in [-0.1, -0.05) is 6.92 Å². The molecule has 7 heteroatoms. The summed E-state index contributed by atoms with van der Waals surface area (Å²) >= 11 is 0. The first-order valence-electron chi connectivity index (χ1n) is 4.81. The highest BCUT2D eigenvalue weighted by atomic mass is 16.6. The number of aliphatic imine (C=N–C) groups is 1. The van der Waals surface area contributed by atoms with Gasteiger partial charge in [0, 0.05) is 12.6 Å². The van der Waals surface area contributed by atoms with Gasteiger partial charge in [0.15, 0.2) is 5.96 Å². The Bertz CT molecular complexity index is 387. The van der Waals surface area contributed by atoms with Crippen molar-refractivity contribution in [2.75, 3.05) is 11.9 Å². The van der Waals surface area contributed by atoms with Crippen LogP contribution in [0.1, 0.15) is 13.3 Å². The summed E-state index contributed by atoms with van der Waals surface area (Å²) in [5.41, 5.74) is 5.49. The monoisotopic (exact) mass is 223 g/mol. The van der Waals surface area contributed by atoms with Gasteiger partial charge in [0.1, 0.15) is 12.0 Å². The molecule has 0 aliphatic heterocycles. The Morgan fingerprint density at radius 3 is 2.94 bits per heavy atom. The molecule has 7 nitrogen and oxygen atoms in total. The molecule has 0 saturated carbocycles. The molecule has 0 unspecified atom stereocenters. The van der Waals surface area contributed by atoms with Crippen molar-refractivity contribution in [3.8, 4) is 0 Å². The van der Waals surface area contributed by atoms with Crippen LogP contribution >= 0.6 is 0 Å². The average Bonchev–Trinajstić information content (AvgIpc) is 2.27. The van der Waals surface area contributed by atoms with Crippen molar-refractivity contribution >= 4 is 17.5 Å². The second-order valence-corrected chi connectivity index (χ2v) is 3.05. The van der Waals surface area contributed by atoms with Crippen LogP contribution in [0.15, 0.2) is 23.3 Å². The lowest BCUT2D eigenvalue weighted by Crippen LogP contribution is -2.23. The van der Waals surface area contributed by atoms with Gasteiger partial charge in [0.25, 0.3) is 5.69 Å². The molecule has 0 radical (unpaired) electrons. The number of anilines is 1. The number of hydrogen-bond donors (Lipinski definition) is 2. The third-order valence-corrected chi connectivity index (χ3v) is 1.72. The van der Waals surface area contributed by atoms with Crippen molar-refractivity contribution in [3.63, 3.8) is 0 Å². The number of hydrogen-bond acceptors (Lipinski definition) is 4. The molecule has 0 amide bonds. The Morgan fingerprint density at radius 2 is 2.44 bits per heavy atom. The van der Waals surface area contributed by atoms with E-state index in [1.165, 1.54) is 12.1 Å². The molecule has 1 heterocycles. The minimum atomic E-state index is -0.509. The molecule has 0 aromatic carbocycles. The van der Waals surface area contributed by atoms with Crippen molar-refractivity contribution in [2.45, 2.75) is 13.3 Å². The molecule has 0 spiro atoms. The fraction of sp³-hybridized carbons (Fsp3) is 0.333. The number of nitrogens with two attached hydrogens (primary N) is 1. The first-order valence-corrected chi connectivity index (χ1v) is 4.81. The number of pyridine rings is 1. The van der Waals surface area contributed by atoms with Crippen molar-refractivity contribution < 1.29 is 4.92 Å². The minimum absolute atomic E-state index is 0.0605. The summed E-state index contributed by atoms with van der Waals surface area (Å²) in [5, 5.41) is 13.1. The van der Waals surface area contributed by atoms with Crippen molar-refractivity contribution in [1.82, 2.24) is 4.98 Å². The largest absolute Gasteiger partial charge is 0.370 e. The van der Waals surface area contributed by atoms with Crippen LogP contribution in [0.4, 0.5) is 11.5 Å². The number of nitro groups is 1.